The molecule has 1 rings (SSSR count). The Morgan fingerprint density at radius 1 is 1.56 bits per heavy atom. The summed E-state index contributed by atoms with van der Waals surface area (Å²) >= 11 is 10.7. The maximum Gasteiger partial charge on any atom is 0.261 e. The van der Waals surface area contributed by atoms with Crippen LogP contribution < -0.4 is 5.32 Å². The maximum absolute atomic E-state index is 12.0. The lowest BCUT2D eigenvalue weighted by molar-refractivity contribution is 0.0950. The monoisotopic (exact) mass is 351 g/mol. The zero-order valence-electron chi connectivity index (χ0n) is 10.8. The molecule has 2 nitrogen and oxygen atoms in total. The van der Waals surface area contributed by atoms with Crippen molar-refractivity contribution in [1.29, 1.82) is 0 Å². The number of amides is 1. The van der Waals surface area contributed by atoms with Crippen molar-refractivity contribution in [3.8, 4) is 0 Å². The first-order valence-electron chi connectivity index (χ1n) is 6.18. The summed E-state index contributed by atoms with van der Waals surface area (Å²) in [5.74, 6) is 1.16. The van der Waals surface area contributed by atoms with Gasteiger partial charge < -0.3 is 5.32 Å². The van der Waals surface area contributed by atoms with Crippen molar-refractivity contribution in [2.75, 3.05) is 12.4 Å². The topological polar surface area (TPSA) is 29.1 Å². The van der Waals surface area contributed by atoms with Gasteiger partial charge in [-0.3, -0.25) is 4.79 Å². The fourth-order valence-corrected chi connectivity index (χ4v) is 3.57. The molecule has 0 fully saturated rings. The molecule has 0 aliphatic rings. The average molecular weight is 353 g/mol. The molecule has 5 heteroatoms. The number of nitrogens with one attached hydrogen (secondary N) is 1. The van der Waals surface area contributed by atoms with Gasteiger partial charge in [0, 0.05) is 12.4 Å². The quantitative estimate of drug-likeness (QED) is 0.714. The molecule has 18 heavy (non-hydrogen) atoms. The summed E-state index contributed by atoms with van der Waals surface area (Å²) in [5, 5.41) is 3.00. The molecule has 0 spiro atoms. The van der Waals surface area contributed by atoms with Crippen molar-refractivity contribution >= 4 is 44.8 Å². The van der Waals surface area contributed by atoms with Crippen molar-refractivity contribution in [1.82, 2.24) is 5.32 Å². The summed E-state index contributed by atoms with van der Waals surface area (Å²) in [7, 11) is 0. The second-order valence-corrected chi connectivity index (χ2v) is 7.16. The Balaban J connectivity index is 2.48. The Labute approximate surface area is 126 Å². The largest absolute Gasteiger partial charge is 0.351 e. The summed E-state index contributed by atoms with van der Waals surface area (Å²) in [6, 6.07) is 1.92. The van der Waals surface area contributed by atoms with Crippen molar-refractivity contribution in [3.05, 3.63) is 20.3 Å². The molecular formula is C13H19BrClNOS. The van der Waals surface area contributed by atoms with Crippen molar-refractivity contribution in [3.63, 3.8) is 0 Å². The second-order valence-electron chi connectivity index (χ2n) is 4.41. The fourth-order valence-electron chi connectivity index (χ4n) is 1.81. The van der Waals surface area contributed by atoms with E-state index in [0.29, 0.717) is 18.3 Å². The average Bonchev–Trinajstić information content (AvgIpc) is 2.67. The number of aryl methyl sites for hydroxylation is 1. The number of hydrogen-bond donors (Lipinski definition) is 1. The first kappa shape index (κ1) is 16.0. The van der Waals surface area contributed by atoms with Gasteiger partial charge in [0.2, 0.25) is 0 Å². The van der Waals surface area contributed by atoms with Crippen molar-refractivity contribution in [2.45, 2.75) is 33.1 Å². The zero-order valence-corrected chi connectivity index (χ0v) is 13.9. The van der Waals surface area contributed by atoms with E-state index in [1.165, 1.54) is 11.3 Å². The van der Waals surface area contributed by atoms with Gasteiger partial charge in [-0.25, -0.2) is 0 Å². The van der Waals surface area contributed by atoms with Crippen LogP contribution in [0, 0.1) is 12.8 Å². The normalized spacial score (nSPS) is 12.4. The molecule has 1 heterocycles. The highest BCUT2D eigenvalue weighted by Crippen LogP contribution is 2.27. The summed E-state index contributed by atoms with van der Waals surface area (Å²) < 4.78 is 1.03. The van der Waals surface area contributed by atoms with Gasteiger partial charge in [-0.2, -0.15) is 0 Å². The van der Waals surface area contributed by atoms with E-state index in [2.05, 4.69) is 28.2 Å². The van der Waals surface area contributed by atoms with Gasteiger partial charge in [-0.05, 0) is 53.2 Å². The summed E-state index contributed by atoms with van der Waals surface area (Å²) in [6.07, 6.45) is 3.20. The standard InChI is InChI=1S/C13H19BrClNOS/c1-3-4-10(5-6-15)8-16-13(17)11-7-9(2)12(14)18-11/h7,10H,3-6,8H2,1-2H3,(H,16,17). The van der Waals surface area contributed by atoms with Crippen LogP contribution in [0.1, 0.15) is 41.4 Å². The van der Waals surface area contributed by atoms with Crippen molar-refractivity contribution < 1.29 is 4.79 Å². The van der Waals surface area contributed by atoms with Gasteiger partial charge in [0.15, 0.2) is 0 Å². The predicted octanol–water partition coefficient (Wildman–Crippen LogP) is 4.59. The number of rotatable bonds is 7. The van der Waals surface area contributed by atoms with E-state index in [1.807, 2.05) is 13.0 Å². The molecule has 0 saturated carbocycles. The Bertz CT molecular complexity index is 369. The van der Waals surface area contributed by atoms with Crippen LogP contribution in [-0.2, 0) is 0 Å². The molecule has 1 amide bonds. The molecule has 0 aromatic carbocycles. The minimum absolute atomic E-state index is 0.0180. The molecule has 0 bridgehead atoms. The van der Waals surface area contributed by atoms with Crippen LogP contribution in [0.15, 0.2) is 9.85 Å². The predicted molar refractivity (Wildman–Crippen MR) is 82.8 cm³/mol. The molecule has 1 atom stereocenters. The Hall–Kier alpha value is -0.0600. The molecule has 1 unspecified atom stereocenters. The molecule has 0 radical (unpaired) electrons. The van der Waals surface area contributed by atoms with Crippen LogP contribution in [0.5, 0.6) is 0 Å². The first-order valence-corrected chi connectivity index (χ1v) is 8.33. The Morgan fingerprint density at radius 3 is 2.78 bits per heavy atom. The number of thiophene rings is 1. The van der Waals surface area contributed by atoms with Crippen LogP contribution >= 0.6 is 38.9 Å². The Kier molecular flexibility index (Phi) is 7.27. The van der Waals surface area contributed by atoms with E-state index in [1.54, 1.807) is 0 Å². The van der Waals surface area contributed by atoms with E-state index in [9.17, 15) is 4.79 Å². The SMILES string of the molecule is CCCC(CCCl)CNC(=O)c1cc(C)c(Br)s1. The van der Waals surface area contributed by atoms with Gasteiger partial charge in [-0.1, -0.05) is 13.3 Å². The molecule has 0 aliphatic carbocycles. The number of hydrogen-bond acceptors (Lipinski definition) is 2. The zero-order chi connectivity index (χ0) is 13.5. The van der Waals surface area contributed by atoms with E-state index in [-0.39, 0.29) is 5.91 Å². The smallest absolute Gasteiger partial charge is 0.261 e. The van der Waals surface area contributed by atoms with E-state index < -0.39 is 0 Å². The number of carbonyl (C=O) groups excluding carboxylic acids is 1. The van der Waals surface area contributed by atoms with E-state index >= 15 is 0 Å². The lowest BCUT2D eigenvalue weighted by Crippen LogP contribution is -2.29. The van der Waals surface area contributed by atoms with Gasteiger partial charge >= 0.3 is 0 Å². The number of alkyl halides is 1. The maximum atomic E-state index is 12.0. The highest BCUT2D eigenvalue weighted by atomic mass is 79.9. The van der Waals surface area contributed by atoms with Crippen molar-refractivity contribution in [2.24, 2.45) is 5.92 Å². The fraction of sp³-hybridized carbons (Fsp3) is 0.615. The van der Waals surface area contributed by atoms with Gasteiger partial charge in [0.25, 0.3) is 5.91 Å². The summed E-state index contributed by atoms with van der Waals surface area (Å²) in [4.78, 5) is 12.7. The minimum Gasteiger partial charge on any atom is -0.351 e. The third kappa shape index (κ3) is 4.90. The number of halogens is 2. The molecule has 1 aromatic rings. The molecule has 1 aromatic heterocycles. The van der Waals surface area contributed by atoms with E-state index in [0.717, 1.165) is 33.5 Å². The highest BCUT2D eigenvalue weighted by molar-refractivity contribution is 9.11. The third-order valence-electron chi connectivity index (χ3n) is 2.85. The third-order valence-corrected chi connectivity index (χ3v) is 5.20. The summed E-state index contributed by atoms with van der Waals surface area (Å²) in [5.41, 5.74) is 1.11. The van der Waals surface area contributed by atoms with Crippen LogP contribution in [0.4, 0.5) is 0 Å². The Morgan fingerprint density at radius 2 is 2.28 bits per heavy atom. The van der Waals surface area contributed by atoms with Crippen LogP contribution in [0.2, 0.25) is 0 Å². The number of carbonyl (C=O) groups is 1. The second kappa shape index (κ2) is 8.18. The van der Waals surface area contributed by atoms with Gasteiger partial charge in [-0.15, -0.1) is 22.9 Å². The molecular weight excluding hydrogens is 334 g/mol. The first-order chi connectivity index (χ1) is 8.58. The van der Waals surface area contributed by atoms with Gasteiger partial charge in [0.1, 0.15) is 0 Å². The molecule has 1 N–H and O–H groups in total. The minimum atomic E-state index is 0.0180. The molecule has 0 saturated heterocycles. The van der Waals surface area contributed by atoms with Crippen LogP contribution in [-0.4, -0.2) is 18.3 Å². The van der Waals surface area contributed by atoms with Crippen LogP contribution in [0.25, 0.3) is 0 Å². The van der Waals surface area contributed by atoms with E-state index in [4.69, 9.17) is 11.6 Å². The molecule has 0 aliphatic heterocycles. The van der Waals surface area contributed by atoms with Crippen LogP contribution in [0.3, 0.4) is 0 Å². The lowest BCUT2D eigenvalue weighted by atomic mass is 10.0. The van der Waals surface area contributed by atoms with Gasteiger partial charge in [0.05, 0.1) is 8.66 Å². The lowest BCUT2D eigenvalue weighted by Gasteiger charge is -2.15. The summed E-state index contributed by atoms with van der Waals surface area (Å²) in [6.45, 7) is 4.86. The molecule has 102 valence electrons. The highest BCUT2D eigenvalue weighted by Gasteiger charge is 2.13.